The van der Waals surface area contributed by atoms with Gasteiger partial charge in [0.25, 0.3) is 10.0 Å². The van der Waals surface area contributed by atoms with Crippen molar-refractivity contribution < 1.29 is 16.8 Å². The molecular formula is C24H24N4O4S2. The number of aryl methyl sites for hydroxylation is 2. The smallest absolute Gasteiger partial charge is 0.211 e. The van der Waals surface area contributed by atoms with Gasteiger partial charge in [0.1, 0.15) is 5.69 Å². The largest absolute Gasteiger partial charge is 0.284 e. The van der Waals surface area contributed by atoms with Crippen LogP contribution in [0, 0.1) is 13.8 Å². The second-order valence-electron chi connectivity index (χ2n) is 7.91. The first-order valence-electron chi connectivity index (χ1n) is 10.6. The molecule has 0 spiro atoms. The number of nitrogens with one attached hydrogen (secondary N) is 1. The van der Waals surface area contributed by atoms with E-state index < -0.39 is 20.0 Å². The third kappa shape index (κ3) is 5.09. The van der Waals surface area contributed by atoms with Crippen LogP contribution >= 0.6 is 0 Å². The van der Waals surface area contributed by atoms with Gasteiger partial charge in [0.05, 0.1) is 16.0 Å². The highest BCUT2D eigenvalue weighted by Gasteiger charge is 2.20. The van der Waals surface area contributed by atoms with E-state index in [9.17, 15) is 16.8 Å². The second kappa shape index (κ2) is 9.49. The van der Waals surface area contributed by atoms with Crippen LogP contribution in [0.3, 0.4) is 0 Å². The Labute approximate surface area is 199 Å². The van der Waals surface area contributed by atoms with Crippen LogP contribution in [-0.2, 0) is 26.5 Å². The molecule has 3 aromatic carbocycles. The van der Waals surface area contributed by atoms with Crippen LogP contribution in [0.15, 0.2) is 88.8 Å². The summed E-state index contributed by atoms with van der Waals surface area (Å²) in [6.07, 6.45) is 1.75. The van der Waals surface area contributed by atoms with Crippen LogP contribution in [0.2, 0.25) is 0 Å². The van der Waals surface area contributed by atoms with Gasteiger partial charge in [0.15, 0.2) is 0 Å². The summed E-state index contributed by atoms with van der Waals surface area (Å²) in [6, 6.07) is 20.4. The van der Waals surface area contributed by atoms with Crippen LogP contribution < -0.4 is 4.72 Å². The zero-order valence-corrected chi connectivity index (χ0v) is 20.3. The Morgan fingerprint density at radius 3 is 2.03 bits per heavy atom. The van der Waals surface area contributed by atoms with Crippen molar-refractivity contribution in [1.82, 2.24) is 19.1 Å². The van der Waals surface area contributed by atoms with Gasteiger partial charge in [-0.05, 0) is 50.1 Å². The molecule has 0 saturated heterocycles. The molecule has 1 aromatic heterocycles. The molecule has 0 aliphatic heterocycles. The van der Waals surface area contributed by atoms with E-state index in [1.165, 1.54) is 18.3 Å². The first-order valence-corrected chi connectivity index (χ1v) is 13.5. The molecule has 0 radical (unpaired) electrons. The predicted molar refractivity (Wildman–Crippen MR) is 129 cm³/mol. The van der Waals surface area contributed by atoms with Gasteiger partial charge in [-0.1, -0.05) is 64.9 Å². The molecule has 0 amide bonds. The van der Waals surface area contributed by atoms with Crippen LogP contribution in [0.25, 0.3) is 11.3 Å². The number of rotatable bonds is 8. The molecule has 10 heteroatoms. The molecule has 0 saturated carbocycles. The highest BCUT2D eigenvalue weighted by molar-refractivity contribution is 7.90. The zero-order valence-electron chi connectivity index (χ0n) is 18.7. The molecule has 176 valence electrons. The summed E-state index contributed by atoms with van der Waals surface area (Å²) in [5.74, 6) is 0. The molecule has 0 aliphatic rings. The number of benzene rings is 3. The summed E-state index contributed by atoms with van der Waals surface area (Å²) in [6.45, 7) is 3.94. The van der Waals surface area contributed by atoms with Crippen molar-refractivity contribution in [1.29, 1.82) is 0 Å². The quantitative estimate of drug-likeness (QED) is 0.401. The second-order valence-corrected chi connectivity index (χ2v) is 11.5. The fraction of sp³-hybridized carbons (Fsp3) is 0.167. The normalized spacial score (nSPS) is 12.1. The summed E-state index contributed by atoms with van der Waals surface area (Å²) in [7, 11) is -7.51. The SMILES string of the molecule is Cc1ccc(S(=O)(=O)NCCc2ccccc2-c2cn(S(=O)(=O)c3ccc(C)cc3)nn2)cc1. The molecule has 4 aromatic rings. The minimum Gasteiger partial charge on any atom is -0.211 e. The third-order valence-electron chi connectivity index (χ3n) is 5.35. The maximum absolute atomic E-state index is 12.9. The van der Waals surface area contributed by atoms with E-state index in [0.717, 1.165) is 20.8 Å². The van der Waals surface area contributed by atoms with Gasteiger partial charge < -0.3 is 0 Å². The van der Waals surface area contributed by atoms with Crippen molar-refractivity contribution in [2.24, 2.45) is 0 Å². The number of hydrogen-bond donors (Lipinski definition) is 1. The van der Waals surface area contributed by atoms with Crippen molar-refractivity contribution in [3.8, 4) is 11.3 Å². The molecule has 0 unspecified atom stereocenters. The molecular weight excluding hydrogens is 472 g/mol. The van der Waals surface area contributed by atoms with E-state index in [1.807, 2.05) is 32.0 Å². The van der Waals surface area contributed by atoms with Gasteiger partial charge in [0.2, 0.25) is 10.0 Å². The van der Waals surface area contributed by atoms with Gasteiger partial charge in [0, 0.05) is 12.1 Å². The topological polar surface area (TPSA) is 111 Å². The molecule has 34 heavy (non-hydrogen) atoms. The van der Waals surface area contributed by atoms with Crippen LogP contribution in [-0.4, -0.2) is 37.8 Å². The van der Waals surface area contributed by atoms with Gasteiger partial charge in [-0.15, -0.1) is 9.19 Å². The third-order valence-corrected chi connectivity index (χ3v) is 8.37. The molecule has 0 aliphatic carbocycles. The van der Waals surface area contributed by atoms with Gasteiger partial charge in [-0.25, -0.2) is 13.1 Å². The minimum absolute atomic E-state index is 0.119. The summed E-state index contributed by atoms with van der Waals surface area (Å²) in [5.41, 5.74) is 3.81. The molecule has 0 atom stereocenters. The number of nitrogens with zero attached hydrogens (tertiary/aromatic N) is 3. The molecule has 1 N–H and O–H groups in total. The summed E-state index contributed by atoms with van der Waals surface area (Å²) in [4.78, 5) is 0.323. The fourth-order valence-corrected chi connectivity index (χ4v) is 5.52. The van der Waals surface area contributed by atoms with Crippen molar-refractivity contribution in [2.75, 3.05) is 6.54 Å². The average Bonchev–Trinajstić information content (AvgIpc) is 3.31. The summed E-state index contributed by atoms with van der Waals surface area (Å²) in [5, 5.41) is 7.90. The number of sulfonamides is 1. The van der Waals surface area contributed by atoms with E-state index in [0.29, 0.717) is 17.7 Å². The highest BCUT2D eigenvalue weighted by atomic mass is 32.2. The fourth-order valence-electron chi connectivity index (χ4n) is 3.42. The van der Waals surface area contributed by atoms with E-state index >= 15 is 0 Å². The first kappa shape index (κ1) is 23.8. The van der Waals surface area contributed by atoms with Crippen molar-refractivity contribution >= 4 is 20.0 Å². The predicted octanol–water partition coefficient (Wildman–Crippen LogP) is 3.32. The Hall–Kier alpha value is -3.34. The summed E-state index contributed by atoms with van der Waals surface area (Å²) < 4.78 is 54.4. The van der Waals surface area contributed by atoms with E-state index in [-0.39, 0.29) is 16.3 Å². The lowest BCUT2D eigenvalue weighted by Crippen LogP contribution is -2.26. The molecule has 1 heterocycles. The van der Waals surface area contributed by atoms with Crippen LogP contribution in [0.5, 0.6) is 0 Å². The lowest BCUT2D eigenvalue weighted by atomic mass is 10.0. The molecule has 4 rings (SSSR count). The Kier molecular flexibility index (Phi) is 6.65. The number of aromatic nitrogens is 3. The lowest BCUT2D eigenvalue weighted by molar-refractivity contribution is 0.576. The first-order chi connectivity index (χ1) is 16.2. The highest BCUT2D eigenvalue weighted by Crippen LogP contribution is 2.23. The standard InChI is InChI=1S/C24H24N4O4S2/c1-18-7-11-21(12-8-18)33(29,30)25-16-15-20-5-3-4-6-23(20)24-17-28(27-26-24)34(31,32)22-13-9-19(2)10-14-22/h3-14,17,25H,15-16H2,1-2H3. The van der Waals surface area contributed by atoms with E-state index in [2.05, 4.69) is 15.0 Å². The summed E-state index contributed by atoms with van der Waals surface area (Å²) >= 11 is 0. The Morgan fingerprint density at radius 2 is 1.38 bits per heavy atom. The Morgan fingerprint density at radius 1 is 0.794 bits per heavy atom. The van der Waals surface area contributed by atoms with E-state index in [4.69, 9.17) is 0 Å². The molecule has 0 fully saturated rings. The number of hydrogen-bond acceptors (Lipinski definition) is 6. The van der Waals surface area contributed by atoms with Crippen molar-refractivity contribution in [3.05, 3.63) is 95.7 Å². The lowest BCUT2D eigenvalue weighted by Gasteiger charge is -2.09. The van der Waals surface area contributed by atoms with Crippen molar-refractivity contribution in [3.63, 3.8) is 0 Å². The minimum atomic E-state index is -3.87. The Balaban J connectivity index is 1.52. The van der Waals surface area contributed by atoms with Crippen LogP contribution in [0.4, 0.5) is 0 Å². The van der Waals surface area contributed by atoms with Gasteiger partial charge in [-0.2, -0.15) is 8.42 Å². The van der Waals surface area contributed by atoms with Crippen molar-refractivity contribution in [2.45, 2.75) is 30.1 Å². The molecule has 8 nitrogen and oxygen atoms in total. The van der Waals surface area contributed by atoms with Gasteiger partial charge in [-0.3, -0.25) is 0 Å². The molecule has 0 bridgehead atoms. The van der Waals surface area contributed by atoms with Gasteiger partial charge >= 0.3 is 0 Å². The Bertz CT molecular complexity index is 1510. The van der Waals surface area contributed by atoms with E-state index in [1.54, 1.807) is 42.5 Å². The monoisotopic (exact) mass is 496 g/mol. The maximum atomic E-state index is 12.9. The van der Waals surface area contributed by atoms with Crippen LogP contribution in [0.1, 0.15) is 16.7 Å². The zero-order chi connectivity index (χ0) is 24.3. The maximum Gasteiger partial charge on any atom is 0.284 e. The average molecular weight is 497 g/mol.